The number of rotatable bonds is 14. The summed E-state index contributed by atoms with van der Waals surface area (Å²) < 4.78 is 0. The van der Waals surface area contributed by atoms with E-state index in [1.165, 1.54) is 12.1 Å². The van der Waals surface area contributed by atoms with Crippen LogP contribution in [0.15, 0.2) is 24.3 Å². The zero-order chi connectivity index (χ0) is 25.8. The summed E-state index contributed by atoms with van der Waals surface area (Å²) >= 11 is 0. The van der Waals surface area contributed by atoms with Crippen LogP contribution in [0.5, 0.6) is 5.75 Å². The van der Waals surface area contributed by atoms with Gasteiger partial charge in [0.2, 0.25) is 23.6 Å². The van der Waals surface area contributed by atoms with Crippen molar-refractivity contribution in [3.05, 3.63) is 29.8 Å². The van der Waals surface area contributed by atoms with Gasteiger partial charge in [0.25, 0.3) is 0 Å². The molecule has 0 saturated carbocycles. The standard InChI is InChI=1S/C20H27N5O9/c21-12(7-10-1-3-11(26)4-2-10)18(31)25-14(8-15(22)27)19(32)23-9-16(28)24-13(20(33)34)5-6-17(29)30/h1-4,12-14,26H,5-9,21H2,(H2,22,27)(H,23,32)(H,24,28)(H,25,31)(H,29,30)(H,33,34). The smallest absolute Gasteiger partial charge is 0.326 e. The molecule has 34 heavy (non-hydrogen) atoms. The van der Waals surface area contributed by atoms with Gasteiger partial charge >= 0.3 is 11.9 Å². The molecule has 1 aromatic rings. The number of primary amides is 1. The highest BCUT2D eigenvalue weighted by Gasteiger charge is 2.27. The van der Waals surface area contributed by atoms with Crippen LogP contribution in [0.25, 0.3) is 0 Å². The molecule has 0 heterocycles. The first-order valence-corrected chi connectivity index (χ1v) is 10.0. The molecule has 0 aliphatic carbocycles. The molecule has 0 radical (unpaired) electrons. The maximum absolute atomic E-state index is 12.4. The van der Waals surface area contributed by atoms with E-state index in [4.69, 9.17) is 21.7 Å². The van der Waals surface area contributed by atoms with Crippen molar-refractivity contribution in [1.82, 2.24) is 16.0 Å². The van der Waals surface area contributed by atoms with Crippen molar-refractivity contribution in [3.8, 4) is 5.75 Å². The molecule has 14 heteroatoms. The number of carboxylic acids is 2. The maximum atomic E-state index is 12.4. The summed E-state index contributed by atoms with van der Waals surface area (Å²) in [5.74, 6) is -6.25. The van der Waals surface area contributed by atoms with Gasteiger partial charge < -0.3 is 42.7 Å². The van der Waals surface area contributed by atoms with Crippen molar-refractivity contribution in [2.24, 2.45) is 11.5 Å². The van der Waals surface area contributed by atoms with Gasteiger partial charge in [-0.3, -0.25) is 24.0 Å². The Bertz CT molecular complexity index is 920. The molecule has 3 atom stereocenters. The van der Waals surface area contributed by atoms with Gasteiger partial charge in [-0.05, 0) is 30.5 Å². The maximum Gasteiger partial charge on any atom is 0.326 e. The third kappa shape index (κ3) is 10.4. The molecule has 1 aromatic carbocycles. The minimum Gasteiger partial charge on any atom is -0.508 e. The van der Waals surface area contributed by atoms with Gasteiger partial charge in [-0.2, -0.15) is 0 Å². The zero-order valence-corrected chi connectivity index (χ0v) is 18.0. The number of aromatic hydroxyl groups is 1. The fourth-order valence-corrected chi connectivity index (χ4v) is 2.73. The molecule has 186 valence electrons. The minimum absolute atomic E-state index is 0.0283. The Hall–Kier alpha value is -4.20. The van der Waals surface area contributed by atoms with Gasteiger partial charge in [-0.15, -0.1) is 0 Å². The van der Waals surface area contributed by atoms with Crippen LogP contribution in [0, 0.1) is 0 Å². The Balaban J connectivity index is 2.68. The number of nitrogens with one attached hydrogen (secondary N) is 3. The molecule has 0 saturated heterocycles. The van der Waals surface area contributed by atoms with Gasteiger partial charge in [-0.25, -0.2) is 4.79 Å². The second-order valence-corrected chi connectivity index (χ2v) is 7.32. The van der Waals surface area contributed by atoms with E-state index in [0.717, 1.165) is 0 Å². The number of hydrogen-bond acceptors (Lipinski definition) is 8. The lowest BCUT2D eigenvalue weighted by Gasteiger charge is -2.20. The van der Waals surface area contributed by atoms with Crippen molar-refractivity contribution in [2.45, 2.75) is 43.8 Å². The van der Waals surface area contributed by atoms with Crippen LogP contribution >= 0.6 is 0 Å². The van der Waals surface area contributed by atoms with Crippen molar-refractivity contribution in [1.29, 1.82) is 0 Å². The van der Waals surface area contributed by atoms with Crippen molar-refractivity contribution in [3.63, 3.8) is 0 Å². The van der Waals surface area contributed by atoms with Crippen LogP contribution in [0.4, 0.5) is 0 Å². The summed E-state index contributed by atoms with van der Waals surface area (Å²) in [4.78, 5) is 69.8. The Kier molecular flexibility index (Phi) is 10.9. The fraction of sp³-hybridized carbons (Fsp3) is 0.400. The number of benzene rings is 1. The molecule has 0 aliphatic rings. The van der Waals surface area contributed by atoms with Gasteiger partial charge in [0, 0.05) is 6.42 Å². The fourth-order valence-electron chi connectivity index (χ4n) is 2.73. The molecule has 4 amide bonds. The topological polar surface area (TPSA) is 251 Å². The quantitative estimate of drug-likeness (QED) is 0.135. The first kappa shape index (κ1) is 27.8. The molecule has 0 spiro atoms. The number of aliphatic carboxylic acids is 2. The molecule has 10 N–H and O–H groups in total. The summed E-state index contributed by atoms with van der Waals surface area (Å²) in [7, 11) is 0. The molecule has 3 unspecified atom stereocenters. The van der Waals surface area contributed by atoms with Crippen LogP contribution in [0.1, 0.15) is 24.8 Å². The highest BCUT2D eigenvalue weighted by atomic mass is 16.4. The minimum atomic E-state index is -1.49. The van der Waals surface area contributed by atoms with Crippen LogP contribution in [0.3, 0.4) is 0 Å². The Morgan fingerprint density at radius 2 is 1.53 bits per heavy atom. The first-order chi connectivity index (χ1) is 15.9. The number of phenolic OH excluding ortho intramolecular Hbond substituents is 1. The number of phenols is 1. The Labute approximate surface area is 193 Å². The highest BCUT2D eigenvalue weighted by molar-refractivity contribution is 5.95. The molecular formula is C20H27N5O9. The van der Waals surface area contributed by atoms with E-state index in [2.05, 4.69) is 16.0 Å². The predicted molar refractivity (Wildman–Crippen MR) is 115 cm³/mol. The summed E-state index contributed by atoms with van der Waals surface area (Å²) in [6.45, 7) is -0.708. The van der Waals surface area contributed by atoms with E-state index in [1.54, 1.807) is 12.1 Å². The molecular weight excluding hydrogens is 454 g/mol. The van der Waals surface area contributed by atoms with Crippen LogP contribution in [-0.4, -0.2) is 75.6 Å². The summed E-state index contributed by atoms with van der Waals surface area (Å²) in [5.41, 5.74) is 11.6. The predicted octanol–water partition coefficient (Wildman–Crippen LogP) is -2.83. The Morgan fingerprint density at radius 1 is 0.912 bits per heavy atom. The van der Waals surface area contributed by atoms with Gasteiger partial charge in [0.15, 0.2) is 0 Å². The number of hydrogen-bond donors (Lipinski definition) is 8. The molecule has 0 aromatic heterocycles. The lowest BCUT2D eigenvalue weighted by molar-refractivity contribution is -0.143. The Morgan fingerprint density at radius 3 is 2.06 bits per heavy atom. The lowest BCUT2D eigenvalue weighted by atomic mass is 10.0. The van der Waals surface area contributed by atoms with Gasteiger partial charge in [0.05, 0.1) is 19.0 Å². The normalized spacial score (nSPS) is 13.1. The second-order valence-electron chi connectivity index (χ2n) is 7.32. The summed E-state index contributed by atoms with van der Waals surface area (Å²) in [6, 6.07) is 1.87. The van der Waals surface area contributed by atoms with E-state index in [-0.39, 0.29) is 18.6 Å². The lowest BCUT2D eigenvalue weighted by Crippen LogP contribution is -2.54. The first-order valence-electron chi connectivity index (χ1n) is 10.0. The largest absolute Gasteiger partial charge is 0.508 e. The van der Waals surface area contributed by atoms with Crippen molar-refractivity contribution >= 4 is 35.6 Å². The molecule has 0 fully saturated rings. The summed E-state index contributed by atoms with van der Waals surface area (Å²) in [6.07, 6.45) is -1.40. The summed E-state index contributed by atoms with van der Waals surface area (Å²) in [5, 5.41) is 33.5. The SMILES string of the molecule is NC(=O)CC(NC(=O)C(N)Cc1ccc(O)cc1)C(=O)NCC(=O)NC(CCC(=O)O)C(=O)O. The van der Waals surface area contributed by atoms with E-state index >= 15 is 0 Å². The van der Waals surface area contributed by atoms with Crippen LogP contribution < -0.4 is 27.4 Å². The average Bonchev–Trinajstić information content (AvgIpc) is 2.75. The van der Waals surface area contributed by atoms with Gasteiger partial charge in [0.1, 0.15) is 17.8 Å². The second kappa shape index (κ2) is 13.4. The van der Waals surface area contributed by atoms with E-state index in [1.807, 2.05) is 0 Å². The van der Waals surface area contributed by atoms with Crippen molar-refractivity contribution in [2.75, 3.05) is 6.54 Å². The third-order valence-electron chi connectivity index (χ3n) is 4.47. The average molecular weight is 481 g/mol. The zero-order valence-electron chi connectivity index (χ0n) is 18.0. The highest BCUT2D eigenvalue weighted by Crippen LogP contribution is 2.11. The molecule has 0 aliphatic heterocycles. The van der Waals surface area contributed by atoms with Crippen molar-refractivity contribution < 1.29 is 44.1 Å². The third-order valence-corrected chi connectivity index (χ3v) is 4.47. The monoisotopic (exact) mass is 481 g/mol. The van der Waals surface area contributed by atoms with Crippen LogP contribution in [0.2, 0.25) is 0 Å². The molecule has 1 rings (SSSR count). The number of carbonyl (C=O) groups excluding carboxylic acids is 4. The van der Waals surface area contributed by atoms with Crippen LogP contribution in [-0.2, 0) is 35.2 Å². The molecule has 14 nitrogen and oxygen atoms in total. The number of nitrogens with two attached hydrogens (primary N) is 2. The van der Waals surface area contributed by atoms with E-state index in [9.17, 15) is 33.9 Å². The number of amides is 4. The molecule has 0 bridgehead atoms. The number of carboxylic acid groups (broad SMARTS) is 2. The number of carbonyl (C=O) groups is 6. The van der Waals surface area contributed by atoms with Gasteiger partial charge in [-0.1, -0.05) is 12.1 Å². The van der Waals surface area contributed by atoms with E-state index < -0.39 is 73.1 Å². The van der Waals surface area contributed by atoms with E-state index in [0.29, 0.717) is 5.56 Å².